The summed E-state index contributed by atoms with van der Waals surface area (Å²) < 4.78 is 10.0. The number of amides is 1. The lowest BCUT2D eigenvalue weighted by Crippen LogP contribution is -2.13. The fourth-order valence-electron chi connectivity index (χ4n) is 2.02. The second-order valence-electron chi connectivity index (χ2n) is 5.10. The Morgan fingerprint density at radius 2 is 1.92 bits per heavy atom. The van der Waals surface area contributed by atoms with Crippen LogP contribution < -0.4 is 5.32 Å². The zero-order valence-electron chi connectivity index (χ0n) is 13.5. The van der Waals surface area contributed by atoms with E-state index in [4.69, 9.17) is 4.42 Å². The highest BCUT2D eigenvalue weighted by Crippen LogP contribution is 2.19. The number of rotatable bonds is 4. The van der Waals surface area contributed by atoms with E-state index in [2.05, 4.69) is 10.1 Å². The average Bonchev–Trinajstić information content (AvgIpc) is 2.94. The van der Waals surface area contributed by atoms with Crippen LogP contribution in [0.3, 0.4) is 0 Å². The number of anilines is 1. The normalized spacial score (nSPS) is 10.8. The van der Waals surface area contributed by atoms with E-state index in [0.29, 0.717) is 11.4 Å². The number of methoxy groups -OCH3 is 1. The van der Waals surface area contributed by atoms with Crippen molar-refractivity contribution in [3.05, 3.63) is 58.6 Å². The number of benzene rings is 1. The largest absolute Gasteiger partial charge is 0.465 e. The molecule has 6 nitrogen and oxygen atoms in total. The molecule has 24 heavy (non-hydrogen) atoms. The van der Waals surface area contributed by atoms with Crippen LogP contribution in [-0.4, -0.2) is 19.0 Å². The Bertz CT molecular complexity index is 839. The Hall–Kier alpha value is -3.33. The standard InChI is InChI=1S/C18H16N2O4/c1-11-4-6-14(7-5-11)20-17(21)13(10-19)8-15-9-16(12(2)24-15)18(22)23-3/h4-9H,1-3H3,(H,20,21). The topological polar surface area (TPSA) is 92.3 Å². The summed E-state index contributed by atoms with van der Waals surface area (Å²) in [6, 6.07) is 10.4. The number of ether oxygens (including phenoxy) is 1. The Labute approximate surface area is 139 Å². The molecular weight excluding hydrogens is 308 g/mol. The lowest BCUT2D eigenvalue weighted by atomic mass is 10.2. The van der Waals surface area contributed by atoms with Crippen molar-refractivity contribution in [1.29, 1.82) is 5.26 Å². The van der Waals surface area contributed by atoms with Gasteiger partial charge in [-0.3, -0.25) is 4.79 Å². The summed E-state index contributed by atoms with van der Waals surface area (Å²) in [6.07, 6.45) is 1.28. The van der Waals surface area contributed by atoms with Gasteiger partial charge in [0.2, 0.25) is 0 Å². The fraction of sp³-hybridized carbons (Fsp3) is 0.167. The van der Waals surface area contributed by atoms with Crippen LogP contribution in [0.15, 0.2) is 40.3 Å². The Morgan fingerprint density at radius 1 is 1.25 bits per heavy atom. The molecule has 0 atom stereocenters. The first-order chi connectivity index (χ1) is 11.4. The van der Waals surface area contributed by atoms with Gasteiger partial charge in [0.05, 0.1) is 7.11 Å². The van der Waals surface area contributed by atoms with Crippen LogP contribution in [0.2, 0.25) is 0 Å². The number of carbonyl (C=O) groups is 2. The first-order valence-electron chi connectivity index (χ1n) is 7.13. The van der Waals surface area contributed by atoms with E-state index in [1.165, 1.54) is 19.3 Å². The number of nitriles is 1. The number of esters is 1. The van der Waals surface area contributed by atoms with Gasteiger partial charge in [0.25, 0.3) is 5.91 Å². The van der Waals surface area contributed by atoms with Crippen LogP contribution >= 0.6 is 0 Å². The third-order valence-electron chi connectivity index (χ3n) is 3.30. The molecule has 6 heteroatoms. The highest BCUT2D eigenvalue weighted by Gasteiger charge is 2.16. The van der Waals surface area contributed by atoms with Gasteiger partial charge in [-0.15, -0.1) is 0 Å². The highest BCUT2D eigenvalue weighted by atomic mass is 16.5. The van der Waals surface area contributed by atoms with Crippen molar-refractivity contribution in [1.82, 2.24) is 0 Å². The van der Waals surface area contributed by atoms with Gasteiger partial charge in [-0.05, 0) is 32.0 Å². The molecular formula is C18H16N2O4. The van der Waals surface area contributed by atoms with Gasteiger partial charge < -0.3 is 14.5 Å². The van der Waals surface area contributed by atoms with Gasteiger partial charge in [0, 0.05) is 11.8 Å². The summed E-state index contributed by atoms with van der Waals surface area (Å²) in [7, 11) is 1.26. The summed E-state index contributed by atoms with van der Waals surface area (Å²) in [5, 5.41) is 11.8. The molecule has 122 valence electrons. The minimum Gasteiger partial charge on any atom is -0.465 e. The molecule has 0 fully saturated rings. The summed E-state index contributed by atoms with van der Waals surface area (Å²) in [6.45, 7) is 3.53. The first-order valence-corrected chi connectivity index (χ1v) is 7.13. The van der Waals surface area contributed by atoms with Crippen LogP contribution in [0.25, 0.3) is 6.08 Å². The van der Waals surface area contributed by atoms with Crippen molar-refractivity contribution in [2.75, 3.05) is 12.4 Å². The van der Waals surface area contributed by atoms with Crippen molar-refractivity contribution in [2.24, 2.45) is 0 Å². The SMILES string of the molecule is COC(=O)c1cc(C=C(C#N)C(=O)Nc2ccc(C)cc2)oc1C. The molecule has 1 aromatic heterocycles. The molecule has 2 rings (SSSR count). The van der Waals surface area contributed by atoms with Crippen molar-refractivity contribution in [3.8, 4) is 6.07 Å². The quantitative estimate of drug-likeness (QED) is 0.529. The molecule has 1 N–H and O–H groups in total. The molecule has 0 saturated heterocycles. The second kappa shape index (κ2) is 7.29. The molecule has 0 aliphatic heterocycles. The van der Waals surface area contributed by atoms with E-state index in [-0.39, 0.29) is 16.9 Å². The average molecular weight is 324 g/mol. The van der Waals surface area contributed by atoms with E-state index in [0.717, 1.165) is 5.56 Å². The van der Waals surface area contributed by atoms with E-state index < -0.39 is 11.9 Å². The molecule has 0 aliphatic rings. The van der Waals surface area contributed by atoms with E-state index in [1.807, 2.05) is 25.1 Å². The summed E-state index contributed by atoms with van der Waals surface area (Å²) in [4.78, 5) is 23.7. The number of hydrogen-bond donors (Lipinski definition) is 1. The number of aryl methyl sites for hydroxylation is 2. The van der Waals surface area contributed by atoms with E-state index >= 15 is 0 Å². The maximum absolute atomic E-state index is 12.2. The number of carbonyl (C=O) groups excluding carboxylic acids is 2. The molecule has 0 saturated carbocycles. The van der Waals surface area contributed by atoms with Gasteiger partial charge in [-0.1, -0.05) is 17.7 Å². The van der Waals surface area contributed by atoms with Crippen molar-refractivity contribution >= 4 is 23.6 Å². The van der Waals surface area contributed by atoms with Crippen molar-refractivity contribution in [2.45, 2.75) is 13.8 Å². The maximum Gasteiger partial charge on any atom is 0.341 e. The van der Waals surface area contributed by atoms with Gasteiger partial charge in [-0.25, -0.2) is 4.79 Å². The number of nitrogens with one attached hydrogen (secondary N) is 1. The molecule has 0 bridgehead atoms. The Balaban J connectivity index is 2.22. The van der Waals surface area contributed by atoms with Crippen molar-refractivity contribution < 1.29 is 18.7 Å². The van der Waals surface area contributed by atoms with Crippen molar-refractivity contribution in [3.63, 3.8) is 0 Å². The van der Waals surface area contributed by atoms with Crippen LogP contribution in [0.4, 0.5) is 5.69 Å². The summed E-state index contributed by atoms with van der Waals surface area (Å²) in [5.41, 5.74) is 1.75. The zero-order valence-corrected chi connectivity index (χ0v) is 13.5. The fourth-order valence-corrected chi connectivity index (χ4v) is 2.02. The number of nitrogens with zero attached hydrogens (tertiary/aromatic N) is 1. The summed E-state index contributed by atoms with van der Waals surface area (Å²) in [5.74, 6) is -0.527. The summed E-state index contributed by atoms with van der Waals surface area (Å²) >= 11 is 0. The first kappa shape index (κ1) is 17.0. The number of hydrogen-bond acceptors (Lipinski definition) is 5. The molecule has 0 unspecified atom stereocenters. The molecule has 1 amide bonds. The molecule has 2 aromatic rings. The predicted octanol–water partition coefficient (Wildman–Crippen LogP) is 3.23. The molecule has 1 heterocycles. The maximum atomic E-state index is 12.2. The minimum atomic E-state index is -0.560. The predicted molar refractivity (Wildman–Crippen MR) is 88.2 cm³/mol. The van der Waals surface area contributed by atoms with Crippen LogP contribution in [-0.2, 0) is 9.53 Å². The zero-order chi connectivity index (χ0) is 17.7. The second-order valence-corrected chi connectivity index (χ2v) is 5.10. The Kier molecular flexibility index (Phi) is 5.17. The third kappa shape index (κ3) is 3.90. The molecule has 0 radical (unpaired) electrons. The smallest absolute Gasteiger partial charge is 0.341 e. The monoisotopic (exact) mass is 324 g/mol. The van der Waals surface area contributed by atoms with Gasteiger partial charge in [0.1, 0.15) is 28.7 Å². The molecule has 0 spiro atoms. The van der Waals surface area contributed by atoms with Gasteiger partial charge >= 0.3 is 5.97 Å². The van der Waals surface area contributed by atoms with Crippen LogP contribution in [0.5, 0.6) is 0 Å². The molecule has 0 aliphatic carbocycles. The Morgan fingerprint density at radius 3 is 2.50 bits per heavy atom. The minimum absolute atomic E-state index is 0.138. The van der Waals surface area contributed by atoms with Crippen LogP contribution in [0, 0.1) is 25.2 Å². The van der Waals surface area contributed by atoms with Gasteiger partial charge in [0.15, 0.2) is 0 Å². The lowest BCUT2D eigenvalue weighted by molar-refractivity contribution is -0.112. The lowest BCUT2D eigenvalue weighted by Gasteiger charge is -2.04. The van der Waals surface area contributed by atoms with Crippen LogP contribution in [0.1, 0.15) is 27.4 Å². The molecule has 1 aromatic carbocycles. The van der Waals surface area contributed by atoms with E-state index in [1.54, 1.807) is 19.1 Å². The van der Waals surface area contributed by atoms with Gasteiger partial charge in [-0.2, -0.15) is 5.26 Å². The third-order valence-corrected chi connectivity index (χ3v) is 3.30. The highest BCUT2D eigenvalue weighted by molar-refractivity contribution is 6.09. The van der Waals surface area contributed by atoms with E-state index in [9.17, 15) is 14.9 Å². The number of furan rings is 1.